The van der Waals surface area contributed by atoms with Gasteiger partial charge in [-0.05, 0) is 38.8 Å². The fourth-order valence-electron chi connectivity index (χ4n) is 1.34. The maximum atomic E-state index is 11.5. The molecule has 0 saturated heterocycles. The van der Waals surface area contributed by atoms with Crippen molar-refractivity contribution in [3.63, 3.8) is 0 Å². The van der Waals surface area contributed by atoms with E-state index in [9.17, 15) is 9.59 Å². The molecule has 8 N–H and O–H groups in total. The number of hydrogen-bond donors (Lipinski definition) is 5. The van der Waals surface area contributed by atoms with E-state index in [2.05, 4.69) is 5.32 Å². The van der Waals surface area contributed by atoms with E-state index in [1.165, 1.54) is 0 Å². The van der Waals surface area contributed by atoms with Gasteiger partial charge in [0, 0.05) is 0 Å². The summed E-state index contributed by atoms with van der Waals surface area (Å²) >= 11 is 0. The molecule has 0 aliphatic carbocycles. The van der Waals surface area contributed by atoms with Crippen molar-refractivity contribution in [2.45, 2.75) is 37.8 Å². The first-order valence-corrected chi connectivity index (χ1v) is 5.71. The molecule has 7 nitrogen and oxygen atoms in total. The first kappa shape index (κ1) is 15.8. The predicted molar refractivity (Wildman–Crippen MR) is 64.1 cm³/mol. The molecule has 0 aromatic rings. The Morgan fingerprint density at radius 2 is 1.76 bits per heavy atom. The summed E-state index contributed by atoms with van der Waals surface area (Å²) in [6, 6.07) is -1.66. The van der Waals surface area contributed by atoms with E-state index in [0.717, 1.165) is 6.42 Å². The van der Waals surface area contributed by atoms with Crippen LogP contribution in [0.25, 0.3) is 0 Å². The number of hydrogen-bond acceptors (Lipinski definition) is 5. The summed E-state index contributed by atoms with van der Waals surface area (Å²) in [6.07, 6.45) is 2.07. The van der Waals surface area contributed by atoms with E-state index in [0.29, 0.717) is 32.4 Å². The van der Waals surface area contributed by atoms with E-state index in [-0.39, 0.29) is 0 Å². The van der Waals surface area contributed by atoms with Crippen LogP contribution in [0, 0.1) is 0 Å². The van der Waals surface area contributed by atoms with Crippen LogP contribution in [0.2, 0.25) is 0 Å². The van der Waals surface area contributed by atoms with Gasteiger partial charge in [-0.3, -0.25) is 4.79 Å². The number of rotatable bonds is 9. The zero-order chi connectivity index (χ0) is 13.3. The molecule has 0 rings (SSSR count). The predicted octanol–water partition coefficient (Wildman–Crippen LogP) is -1.64. The lowest BCUT2D eigenvalue weighted by atomic mass is 10.1. The summed E-state index contributed by atoms with van der Waals surface area (Å²) in [5, 5.41) is 11.3. The van der Waals surface area contributed by atoms with Gasteiger partial charge in [-0.2, -0.15) is 0 Å². The average molecular weight is 246 g/mol. The fourth-order valence-corrected chi connectivity index (χ4v) is 1.34. The van der Waals surface area contributed by atoms with Gasteiger partial charge in [0.2, 0.25) is 5.91 Å². The standard InChI is InChI=1S/C10H22N4O3/c11-5-2-1-3-8(10(16)17)14-9(15)7(13)4-6-12/h7-8H,1-6,11-13H2,(H,14,15)(H,16,17)/t7-,8-/m0/s1. The molecule has 1 amide bonds. The molecule has 0 aliphatic rings. The average Bonchev–Trinajstić information content (AvgIpc) is 2.27. The molecule has 17 heavy (non-hydrogen) atoms. The number of carbonyl (C=O) groups excluding carboxylic acids is 1. The number of amides is 1. The van der Waals surface area contributed by atoms with Gasteiger partial charge in [-0.25, -0.2) is 4.79 Å². The smallest absolute Gasteiger partial charge is 0.326 e. The second-order valence-corrected chi connectivity index (χ2v) is 3.87. The van der Waals surface area contributed by atoms with Crippen LogP contribution in [0.15, 0.2) is 0 Å². The highest BCUT2D eigenvalue weighted by molar-refractivity contribution is 5.86. The fraction of sp³-hybridized carbons (Fsp3) is 0.800. The van der Waals surface area contributed by atoms with E-state index < -0.39 is 24.0 Å². The van der Waals surface area contributed by atoms with E-state index >= 15 is 0 Å². The molecule has 0 aliphatic heterocycles. The minimum Gasteiger partial charge on any atom is -0.480 e. The van der Waals surface area contributed by atoms with E-state index in [1.807, 2.05) is 0 Å². The first-order valence-electron chi connectivity index (χ1n) is 5.71. The van der Waals surface area contributed by atoms with Crippen LogP contribution in [0.1, 0.15) is 25.7 Å². The topological polar surface area (TPSA) is 144 Å². The van der Waals surface area contributed by atoms with Crippen molar-refractivity contribution in [3.8, 4) is 0 Å². The number of carboxylic acids is 1. The number of aliphatic carboxylic acids is 1. The maximum Gasteiger partial charge on any atom is 0.326 e. The van der Waals surface area contributed by atoms with Crippen LogP contribution >= 0.6 is 0 Å². The zero-order valence-electron chi connectivity index (χ0n) is 9.89. The normalized spacial score (nSPS) is 14.1. The van der Waals surface area contributed by atoms with Crippen LogP contribution in [0.5, 0.6) is 0 Å². The van der Waals surface area contributed by atoms with Crippen LogP contribution in [-0.4, -0.2) is 42.2 Å². The molecule has 0 spiro atoms. The molecule has 0 fully saturated rings. The lowest BCUT2D eigenvalue weighted by Crippen LogP contribution is -2.49. The maximum absolute atomic E-state index is 11.5. The Morgan fingerprint density at radius 3 is 2.24 bits per heavy atom. The summed E-state index contributed by atoms with van der Waals surface area (Å²) in [6.45, 7) is 0.798. The summed E-state index contributed by atoms with van der Waals surface area (Å²) in [7, 11) is 0. The first-order chi connectivity index (χ1) is 8.02. The summed E-state index contributed by atoms with van der Waals surface area (Å²) in [5.41, 5.74) is 16.1. The molecule has 0 saturated carbocycles. The van der Waals surface area contributed by atoms with Crippen molar-refractivity contribution in [1.82, 2.24) is 5.32 Å². The van der Waals surface area contributed by atoms with Gasteiger partial charge in [0.05, 0.1) is 6.04 Å². The van der Waals surface area contributed by atoms with Crippen molar-refractivity contribution < 1.29 is 14.7 Å². The van der Waals surface area contributed by atoms with Gasteiger partial charge in [0.15, 0.2) is 0 Å². The molecule has 0 bridgehead atoms. The number of unbranched alkanes of at least 4 members (excludes halogenated alkanes) is 1. The summed E-state index contributed by atoms with van der Waals surface area (Å²) in [4.78, 5) is 22.4. The minimum absolute atomic E-state index is 0.291. The van der Waals surface area contributed by atoms with Gasteiger partial charge in [0.25, 0.3) is 0 Å². The second-order valence-electron chi connectivity index (χ2n) is 3.87. The summed E-state index contributed by atoms with van der Waals surface area (Å²) < 4.78 is 0. The van der Waals surface area contributed by atoms with E-state index in [4.69, 9.17) is 22.3 Å². The Labute approximate surface area is 101 Å². The second kappa shape index (κ2) is 8.91. The third-order valence-corrected chi connectivity index (χ3v) is 2.38. The van der Waals surface area contributed by atoms with Crippen molar-refractivity contribution in [2.24, 2.45) is 17.2 Å². The molecule has 0 unspecified atom stereocenters. The van der Waals surface area contributed by atoms with Crippen molar-refractivity contribution >= 4 is 11.9 Å². The van der Waals surface area contributed by atoms with Gasteiger partial charge >= 0.3 is 5.97 Å². The van der Waals surface area contributed by atoms with Gasteiger partial charge in [-0.1, -0.05) is 0 Å². The molecule has 0 aromatic carbocycles. The Bertz CT molecular complexity index is 248. The highest BCUT2D eigenvalue weighted by Gasteiger charge is 2.22. The Hall–Kier alpha value is -1.18. The highest BCUT2D eigenvalue weighted by atomic mass is 16.4. The SMILES string of the molecule is NCCCC[C@H](NC(=O)[C@@H](N)CCN)C(=O)O. The van der Waals surface area contributed by atoms with Crippen LogP contribution < -0.4 is 22.5 Å². The highest BCUT2D eigenvalue weighted by Crippen LogP contribution is 2.01. The van der Waals surface area contributed by atoms with Gasteiger partial charge in [0.1, 0.15) is 6.04 Å². The molecule has 2 atom stereocenters. The Balaban J connectivity index is 4.15. The largest absolute Gasteiger partial charge is 0.480 e. The number of nitrogens with one attached hydrogen (secondary N) is 1. The Morgan fingerprint density at radius 1 is 1.12 bits per heavy atom. The zero-order valence-corrected chi connectivity index (χ0v) is 9.89. The summed E-state index contributed by atoms with van der Waals surface area (Å²) in [5.74, 6) is -1.54. The van der Waals surface area contributed by atoms with Crippen molar-refractivity contribution in [3.05, 3.63) is 0 Å². The van der Waals surface area contributed by atoms with Crippen LogP contribution in [0.4, 0.5) is 0 Å². The van der Waals surface area contributed by atoms with Crippen LogP contribution in [-0.2, 0) is 9.59 Å². The molecular formula is C10H22N4O3. The lowest BCUT2D eigenvalue weighted by Gasteiger charge is -2.17. The van der Waals surface area contributed by atoms with Crippen molar-refractivity contribution in [2.75, 3.05) is 13.1 Å². The minimum atomic E-state index is -1.06. The Kier molecular flexibility index (Phi) is 8.29. The molecule has 0 heterocycles. The monoisotopic (exact) mass is 246 g/mol. The molecule has 7 heteroatoms. The van der Waals surface area contributed by atoms with Gasteiger partial charge < -0.3 is 27.6 Å². The van der Waals surface area contributed by atoms with Crippen LogP contribution in [0.3, 0.4) is 0 Å². The molecule has 0 radical (unpaired) electrons. The molecule has 0 aromatic heterocycles. The number of carboxylic acid groups (broad SMARTS) is 1. The number of carbonyl (C=O) groups is 2. The third kappa shape index (κ3) is 6.88. The third-order valence-electron chi connectivity index (χ3n) is 2.38. The van der Waals surface area contributed by atoms with Gasteiger partial charge in [-0.15, -0.1) is 0 Å². The number of nitrogens with two attached hydrogens (primary N) is 3. The molecular weight excluding hydrogens is 224 g/mol. The molecule has 100 valence electrons. The lowest BCUT2D eigenvalue weighted by molar-refractivity contribution is -0.142. The van der Waals surface area contributed by atoms with E-state index in [1.54, 1.807) is 0 Å². The van der Waals surface area contributed by atoms with Crippen molar-refractivity contribution in [1.29, 1.82) is 0 Å². The quantitative estimate of drug-likeness (QED) is 0.309.